The van der Waals surface area contributed by atoms with Gasteiger partial charge in [-0.1, -0.05) is 27.7 Å². The van der Waals surface area contributed by atoms with E-state index in [4.69, 9.17) is 0 Å². The molecule has 1 aliphatic rings. The molecule has 0 amide bonds. The molecule has 3 nitrogen and oxygen atoms in total. The van der Waals surface area contributed by atoms with Gasteiger partial charge in [-0.2, -0.15) is 5.26 Å². The van der Waals surface area contributed by atoms with Crippen LogP contribution in [0.2, 0.25) is 0 Å². The van der Waals surface area contributed by atoms with Crippen LogP contribution in [0.4, 0.5) is 0 Å². The largest absolute Gasteiger partial charge is 0.300 e. The van der Waals surface area contributed by atoms with Crippen LogP contribution in [0, 0.1) is 29.1 Å². The second-order valence-corrected chi connectivity index (χ2v) is 7.64. The monoisotopic (exact) mass is 279 g/mol. The molecule has 0 bridgehead atoms. The van der Waals surface area contributed by atoms with Crippen molar-refractivity contribution in [1.29, 1.82) is 5.26 Å². The second kappa shape index (κ2) is 7.43. The van der Waals surface area contributed by atoms with Crippen LogP contribution in [0.5, 0.6) is 0 Å². The van der Waals surface area contributed by atoms with Crippen molar-refractivity contribution in [3.05, 3.63) is 0 Å². The predicted molar refractivity (Wildman–Crippen MR) is 85.5 cm³/mol. The Morgan fingerprint density at radius 3 is 1.90 bits per heavy atom. The molecule has 1 rings (SSSR count). The molecule has 116 valence electrons. The molecule has 20 heavy (non-hydrogen) atoms. The molecule has 1 saturated carbocycles. The highest BCUT2D eigenvalue weighted by atomic mass is 15.2. The maximum Gasteiger partial charge on any atom is 0.122 e. The first kappa shape index (κ1) is 17.5. The van der Waals surface area contributed by atoms with E-state index >= 15 is 0 Å². The number of nitriles is 1. The summed E-state index contributed by atoms with van der Waals surface area (Å²) in [6.45, 7) is 16.3. The highest BCUT2D eigenvalue weighted by Gasteiger charge is 2.47. The van der Waals surface area contributed by atoms with Crippen molar-refractivity contribution in [1.82, 2.24) is 10.2 Å². The number of hydrogen-bond donors (Lipinski definition) is 1. The maximum atomic E-state index is 9.81. The number of nitrogens with zero attached hydrogens (tertiary/aromatic N) is 2. The van der Waals surface area contributed by atoms with Crippen molar-refractivity contribution in [2.45, 2.75) is 66.0 Å². The lowest BCUT2D eigenvalue weighted by molar-refractivity contribution is 0.158. The van der Waals surface area contributed by atoms with Crippen LogP contribution in [-0.4, -0.2) is 36.1 Å². The highest BCUT2D eigenvalue weighted by Crippen LogP contribution is 2.40. The molecule has 0 heterocycles. The highest BCUT2D eigenvalue weighted by molar-refractivity contribution is 5.17. The molecule has 1 aliphatic carbocycles. The second-order valence-electron chi connectivity index (χ2n) is 7.64. The SMILES string of the molecule is CC(C)CN(CC(C)C)CC(C#N)(NC(C)C)C1CC1. The molecule has 1 fully saturated rings. The van der Waals surface area contributed by atoms with Crippen LogP contribution in [0.25, 0.3) is 0 Å². The van der Waals surface area contributed by atoms with Gasteiger partial charge < -0.3 is 0 Å². The summed E-state index contributed by atoms with van der Waals surface area (Å²) in [5.74, 6) is 1.82. The molecule has 3 heteroatoms. The Bertz CT molecular complexity index is 316. The fourth-order valence-corrected chi connectivity index (χ4v) is 3.13. The van der Waals surface area contributed by atoms with Crippen molar-refractivity contribution in [3.8, 4) is 6.07 Å². The molecule has 0 aliphatic heterocycles. The topological polar surface area (TPSA) is 39.1 Å². The van der Waals surface area contributed by atoms with Gasteiger partial charge in [-0.05, 0) is 44.4 Å². The van der Waals surface area contributed by atoms with E-state index in [2.05, 4.69) is 57.8 Å². The van der Waals surface area contributed by atoms with Crippen molar-refractivity contribution < 1.29 is 0 Å². The van der Waals surface area contributed by atoms with Crippen LogP contribution in [0.3, 0.4) is 0 Å². The van der Waals surface area contributed by atoms with Crippen molar-refractivity contribution >= 4 is 0 Å². The zero-order chi connectivity index (χ0) is 15.3. The van der Waals surface area contributed by atoms with E-state index in [0.29, 0.717) is 23.8 Å². The van der Waals surface area contributed by atoms with E-state index in [1.165, 1.54) is 12.8 Å². The van der Waals surface area contributed by atoms with Crippen LogP contribution in [-0.2, 0) is 0 Å². The van der Waals surface area contributed by atoms with Gasteiger partial charge in [-0.3, -0.25) is 10.2 Å². The maximum absolute atomic E-state index is 9.81. The zero-order valence-corrected chi connectivity index (χ0v) is 14.2. The molecule has 0 saturated heterocycles. The van der Waals surface area contributed by atoms with Gasteiger partial charge in [0.2, 0.25) is 0 Å². The third-order valence-electron chi connectivity index (χ3n) is 3.74. The summed E-state index contributed by atoms with van der Waals surface area (Å²) in [5.41, 5.74) is -0.349. The van der Waals surface area contributed by atoms with Crippen molar-refractivity contribution in [3.63, 3.8) is 0 Å². The minimum atomic E-state index is -0.349. The van der Waals surface area contributed by atoms with Gasteiger partial charge in [0.15, 0.2) is 0 Å². The Labute approximate surface area is 125 Å². The first-order chi connectivity index (χ1) is 9.29. The molecule has 0 spiro atoms. The van der Waals surface area contributed by atoms with E-state index < -0.39 is 0 Å². The quantitative estimate of drug-likeness (QED) is 0.704. The summed E-state index contributed by atoms with van der Waals surface area (Å²) in [5, 5.41) is 13.4. The van der Waals surface area contributed by atoms with Gasteiger partial charge >= 0.3 is 0 Å². The molecular weight excluding hydrogens is 246 g/mol. The standard InChI is InChI=1S/C17H33N3/c1-13(2)9-20(10-14(3)4)12-17(11-18,16-7-8-16)19-15(5)6/h13-16,19H,7-10,12H2,1-6H3. The van der Waals surface area contributed by atoms with Gasteiger partial charge in [0.25, 0.3) is 0 Å². The normalized spacial score (nSPS) is 18.9. The third-order valence-corrected chi connectivity index (χ3v) is 3.74. The summed E-state index contributed by atoms with van der Waals surface area (Å²) < 4.78 is 0. The Balaban J connectivity index is 2.80. The summed E-state index contributed by atoms with van der Waals surface area (Å²) in [6, 6.07) is 2.99. The van der Waals surface area contributed by atoms with E-state index in [1.54, 1.807) is 0 Å². The van der Waals surface area contributed by atoms with Gasteiger partial charge in [0.1, 0.15) is 5.54 Å². The Hall–Kier alpha value is -0.590. The Kier molecular flexibility index (Phi) is 6.48. The molecule has 0 aromatic rings. The predicted octanol–water partition coefficient (Wildman–Crippen LogP) is 3.27. The van der Waals surface area contributed by atoms with Crippen molar-refractivity contribution in [2.75, 3.05) is 19.6 Å². The lowest BCUT2D eigenvalue weighted by Crippen LogP contribution is -2.57. The van der Waals surface area contributed by atoms with E-state index in [0.717, 1.165) is 19.6 Å². The number of nitrogens with one attached hydrogen (secondary N) is 1. The third kappa shape index (κ3) is 5.42. The van der Waals surface area contributed by atoms with Crippen LogP contribution in [0.15, 0.2) is 0 Å². The average Bonchev–Trinajstić information content (AvgIpc) is 3.09. The molecule has 1 N–H and O–H groups in total. The van der Waals surface area contributed by atoms with Gasteiger partial charge in [-0.25, -0.2) is 0 Å². The van der Waals surface area contributed by atoms with Crippen LogP contribution in [0.1, 0.15) is 54.4 Å². The Morgan fingerprint density at radius 1 is 1.10 bits per heavy atom. The fourth-order valence-electron chi connectivity index (χ4n) is 3.13. The lowest BCUT2D eigenvalue weighted by atomic mass is 9.92. The molecule has 0 radical (unpaired) electrons. The first-order valence-corrected chi connectivity index (χ1v) is 8.20. The molecule has 0 aromatic carbocycles. The molecule has 0 aromatic heterocycles. The minimum absolute atomic E-state index is 0.349. The number of hydrogen-bond acceptors (Lipinski definition) is 3. The zero-order valence-electron chi connectivity index (χ0n) is 14.2. The van der Waals surface area contributed by atoms with Gasteiger partial charge in [-0.15, -0.1) is 0 Å². The fraction of sp³-hybridized carbons (Fsp3) is 0.941. The van der Waals surface area contributed by atoms with Crippen molar-refractivity contribution in [2.24, 2.45) is 17.8 Å². The van der Waals surface area contributed by atoms with Gasteiger partial charge in [0, 0.05) is 25.7 Å². The minimum Gasteiger partial charge on any atom is -0.300 e. The van der Waals surface area contributed by atoms with Crippen LogP contribution < -0.4 is 5.32 Å². The number of rotatable bonds is 9. The van der Waals surface area contributed by atoms with E-state index in [9.17, 15) is 5.26 Å². The van der Waals surface area contributed by atoms with Crippen LogP contribution >= 0.6 is 0 Å². The average molecular weight is 279 g/mol. The summed E-state index contributed by atoms with van der Waals surface area (Å²) in [7, 11) is 0. The Morgan fingerprint density at radius 2 is 1.60 bits per heavy atom. The lowest BCUT2D eigenvalue weighted by Gasteiger charge is -2.37. The smallest absolute Gasteiger partial charge is 0.122 e. The molecule has 1 unspecified atom stereocenters. The summed E-state index contributed by atoms with van der Waals surface area (Å²) in [4.78, 5) is 2.49. The molecular formula is C17H33N3. The first-order valence-electron chi connectivity index (χ1n) is 8.20. The summed E-state index contributed by atoms with van der Waals surface area (Å²) >= 11 is 0. The molecule has 1 atom stereocenters. The van der Waals surface area contributed by atoms with E-state index in [-0.39, 0.29) is 5.54 Å². The van der Waals surface area contributed by atoms with E-state index in [1.807, 2.05) is 0 Å². The van der Waals surface area contributed by atoms with Gasteiger partial charge in [0.05, 0.1) is 6.07 Å². The summed E-state index contributed by atoms with van der Waals surface area (Å²) in [6.07, 6.45) is 2.40.